The van der Waals surface area contributed by atoms with Crippen LogP contribution in [0.15, 0.2) is 48.5 Å². The third-order valence-corrected chi connectivity index (χ3v) is 3.55. The molecule has 2 rings (SSSR count). The third-order valence-electron chi connectivity index (χ3n) is 3.55. The highest BCUT2D eigenvalue weighted by Gasteiger charge is 2.31. The molecular weight excluding hydrogens is 308 g/mol. The highest BCUT2D eigenvalue weighted by atomic mass is 16.5. The van der Waals surface area contributed by atoms with E-state index in [0.717, 1.165) is 0 Å². The van der Waals surface area contributed by atoms with Crippen LogP contribution in [0, 0.1) is 0 Å². The van der Waals surface area contributed by atoms with Gasteiger partial charge in [-0.3, -0.25) is 9.59 Å². The van der Waals surface area contributed by atoms with Crippen LogP contribution in [0.25, 0.3) is 0 Å². The van der Waals surface area contributed by atoms with Crippen LogP contribution in [0.3, 0.4) is 0 Å². The quantitative estimate of drug-likeness (QED) is 0.444. The molecule has 0 N–H and O–H groups in total. The first kappa shape index (κ1) is 17.5. The molecule has 5 heteroatoms. The molecule has 0 fully saturated rings. The fraction of sp³-hybridized carbons (Fsp3) is 0.263. The first-order chi connectivity index (χ1) is 11.6. The van der Waals surface area contributed by atoms with Gasteiger partial charge >= 0.3 is 5.97 Å². The van der Waals surface area contributed by atoms with E-state index in [0.29, 0.717) is 22.6 Å². The van der Waals surface area contributed by atoms with Gasteiger partial charge in [0.25, 0.3) is 0 Å². The maximum Gasteiger partial charge on any atom is 0.321 e. The molecule has 0 aliphatic heterocycles. The topological polar surface area (TPSA) is 61.8 Å². The molecule has 5 nitrogen and oxygen atoms in total. The van der Waals surface area contributed by atoms with Crippen molar-refractivity contribution in [1.29, 1.82) is 0 Å². The first-order valence-electron chi connectivity index (χ1n) is 7.59. The van der Waals surface area contributed by atoms with E-state index in [1.54, 1.807) is 49.4 Å². The second-order valence-corrected chi connectivity index (χ2v) is 5.06. The summed E-state index contributed by atoms with van der Waals surface area (Å²) in [6.45, 7) is 1.91. The predicted molar refractivity (Wildman–Crippen MR) is 89.7 cm³/mol. The van der Waals surface area contributed by atoms with Gasteiger partial charge in [-0.15, -0.1) is 0 Å². The second kappa shape index (κ2) is 8.15. The van der Waals surface area contributed by atoms with E-state index in [1.165, 1.54) is 14.2 Å². The molecule has 2 aromatic rings. The number of carbonyl (C=O) groups excluding carboxylic acids is 2. The van der Waals surface area contributed by atoms with Gasteiger partial charge in [-0.1, -0.05) is 30.3 Å². The van der Waals surface area contributed by atoms with Crippen molar-refractivity contribution in [3.63, 3.8) is 0 Å². The van der Waals surface area contributed by atoms with Crippen LogP contribution in [0.1, 0.15) is 28.8 Å². The Morgan fingerprint density at radius 3 is 2.04 bits per heavy atom. The summed E-state index contributed by atoms with van der Waals surface area (Å²) in [6, 6.07) is 13.7. The normalized spacial score (nSPS) is 11.5. The van der Waals surface area contributed by atoms with Crippen molar-refractivity contribution in [2.24, 2.45) is 0 Å². The number of carbonyl (C=O) groups is 2. The third kappa shape index (κ3) is 3.93. The zero-order chi connectivity index (χ0) is 17.5. The minimum Gasteiger partial charge on any atom is -0.497 e. The van der Waals surface area contributed by atoms with Crippen LogP contribution < -0.4 is 9.47 Å². The van der Waals surface area contributed by atoms with Crippen LogP contribution in [0.5, 0.6) is 11.5 Å². The molecule has 0 radical (unpaired) electrons. The van der Waals surface area contributed by atoms with Gasteiger partial charge in [-0.2, -0.15) is 0 Å². The molecule has 1 atom stereocenters. The van der Waals surface area contributed by atoms with Gasteiger partial charge in [-0.25, -0.2) is 0 Å². The summed E-state index contributed by atoms with van der Waals surface area (Å²) >= 11 is 0. The fourth-order valence-electron chi connectivity index (χ4n) is 2.38. The molecule has 0 amide bonds. The zero-order valence-corrected chi connectivity index (χ0v) is 13.9. The lowest BCUT2D eigenvalue weighted by atomic mass is 9.90. The summed E-state index contributed by atoms with van der Waals surface area (Å²) in [6.07, 6.45) is 0. The maximum atomic E-state index is 13.0. The Morgan fingerprint density at radius 1 is 0.958 bits per heavy atom. The Bertz CT molecular complexity index is 687. The van der Waals surface area contributed by atoms with E-state index < -0.39 is 11.9 Å². The van der Waals surface area contributed by atoms with E-state index in [2.05, 4.69) is 0 Å². The Labute approximate surface area is 141 Å². The minimum atomic E-state index is -1.03. The highest BCUT2D eigenvalue weighted by Crippen LogP contribution is 2.28. The number of esters is 1. The summed E-state index contributed by atoms with van der Waals surface area (Å²) in [5.74, 6) is -1.00. The summed E-state index contributed by atoms with van der Waals surface area (Å²) in [5, 5.41) is 0. The average Bonchev–Trinajstić information content (AvgIpc) is 2.62. The summed E-state index contributed by atoms with van der Waals surface area (Å²) < 4.78 is 15.5. The van der Waals surface area contributed by atoms with Crippen LogP contribution >= 0.6 is 0 Å². The number of methoxy groups -OCH3 is 2. The zero-order valence-electron chi connectivity index (χ0n) is 13.9. The lowest BCUT2D eigenvalue weighted by Crippen LogP contribution is -2.24. The van der Waals surface area contributed by atoms with Crippen molar-refractivity contribution >= 4 is 11.8 Å². The highest BCUT2D eigenvalue weighted by molar-refractivity contribution is 6.13. The number of ketones is 1. The maximum absolute atomic E-state index is 13.0. The van der Waals surface area contributed by atoms with Crippen LogP contribution in [-0.4, -0.2) is 32.6 Å². The standard InChI is InChI=1S/C19H20O5/c1-4-24-19(21)17(13-8-6-5-7-9-13)18(20)14-10-15(22-2)12-16(11-14)23-3/h5-12,17H,4H2,1-3H3/t17-/m0/s1. The molecule has 0 aliphatic rings. The molecule has 0 aliphatic carbocycles. The summed E-state index contributed by atoms with van der Waals surface area (Å²) in [5.41, 5.74) is 0.913. The van der Waals surface area contributed by atoms with Crippen molar-refractivity contribution in [2.75, 3.05) is 20.8 Å². The van der Waals surface area contributed by atoms with E-state index in [1.807, 2.05) is 6.07 Å². The Balaban J connectivity index is 2.46. The second-order valence-electron chi connectivity index (χ2n) is 5.06. The van der Waals surface area contributed by atoms with Crippen molar-refractivity contribution in [3.05, 3.63) is 59.7 Å². The molecular formula is C19H20O5. The minimum absolute atomic E-state index is 0.205. The van der Waals surface area contributed by atoms with Crippen LogP contribution in [-0.2, 0) is 9.53 Å². The van der Waals surface area contributed by atoms with Gasteiger partial charge in [0.1, 0.15) is 17.4 Å². The van der Waals surface area contributed by atoms with Crippen LogP contribution in [0.2, 0.25) is 0 Å². The number of Topliss-reactive ketones (excluding diaryl/α,β-unsaturated/α-hetero) is 1. The first-order valence-corrected chi connectivity index (χ1v) is 7.59. The van der Waals surface area contributed by atoms with Crippen molar-refractivity contribution in [2.45, 2.75) is 12.8 Å². The van der Waals surface area contributed by atoms with Crippen molar-refractivity contribution < 1.29 is 23.8 Å². The molecule has 0 saturated carbocycles. The largest absolute Gasteiger partial charge is 0.497 e. The molecule has 0 saturated heterocycles. The Morgan fingerprint density at radius 2 is 1.54 bits per heavy atom. The fourth-order valence-corrected chi connectivity index (χ4v) is 2.38. The molecule has 2 aromatic carbocycles. The van der Waals surface area contributed by atoms with Gasteiger partial charge < -0.3 is 14.2 Å². The van der Waals surface area contributed by atoms with Crippen molar-refractivity contribution in [3.8, 4) is 11.5 Å². The monoisotopic (exact) mass is 328 g/mol. The van der Waals surface area contributed by atoms with E-state index in [9.17, 15) is 9.59 Å². The molecule has 0 unspecified atom stereocenters. The van der Waals surface area contributed by atoms with Gasteiger partial charge in [0, 0.05) is 11.6 Å². The number of benzene rings is 2. The van der Waals surface area contributed by atoms with E-state index in [4.69, 9.17) is 14.2 Å². The van der Waals surface area contributed by atoms with E-state index in [-0.39, 0.29) is 12.4 Å². The SMILES string of the molecule is CCOC(=O)[C@H](C(=O)c1cc(OC)cc(OC)c1)c1ccccc1. The summed E-state index contributed by atoms with van der Waals surface area (Å²) in [7, 11) is 3.01. The van der Waals surface area contributed by atoms with Gasteiger partial charge in [0.2, 0.25) is 0 Å². The Kier molecular flexibility index (Phi) is 5.95. The number of hydrogen-bond donors (Lipinski definition) is 0. The van der Waals surface area contributed by atoms with Crippen molar-refractivity contribution in [1.82, 2.24) is 0 Å². The molecule has 24 heavy (non-hydrogen) atoms. The molecule has 126 valence electrons. The number of hydrogen-bond acceptors (Lipinski definition) is 5. The van der Waals surface area contributed by atoms with Gasteiger partial charge in [0.15, 0.2) is 5.78 Å². The molecule has 0 spiro atoms. The lowest BCUT2D eigenvalue weighted by molar-refractivity contribution is -0.143. The number of ether oxygens (including phenoxy) is 3. The molecule has 0 bridgehead atoms. The van der Waals surface area contributed by atoms with Crippen LogP contribution in [0.4, 0.5) is 0 Å². The van der Waals surface area contributed by atoms with E-state index >= 15 is 0 Å². The average molecular weight is 328 g/mol. The molecule has 0 heterocycles. The predicted octanol–water partition coefficient (Wildman–Crippen LogP) is 3.23. The smallest absolute Gasteiger partial charge is 0.321 e. The lowest BCUT2D eigenvalue weighted by Gasteiger charge is -2.16. The Hall–Kier alpha value is -2.82. The van der Waals surface area contributed by atoms with Gasteiger partial charge in [0.05, 0.1) is 20.8 Å². The molecule has 0 aromatic heterocycles. The number of rotatable bonds is 7. The van der Waals surface area contributed by atoms with Gasteiger partial charge in [-0.05, 0) is 24.6 Å². The summed E-state index contributed by atoms with van der Waals surface area (Å²) in [4.78, 5) is 25.3.